The number of benzene rings is 3. The maximum absolute atomic E-state index is 15.2. The van der Waals surface area contributed by atoms with Gasteiger partial charge in [0.05, 0.1) is 18.1 Å². The third-order valence-electron chi connectivity index (χ3n) is 20.9. The molecule has 410 valence electrons. The van der Waals surface area contributed by atoms with Crippen molar-refractivity contribution in [1.29, 1.82) is 0 Å². The number of nitrogens with zero attached hydrogens (tertiary/aromatic N) is 2. The zero-order valence-electron chi connectivity index (χ0n) is 45.5. The number of aromatic hydroxyl groups is 1. The summed E-state index contributed by atoms with van der Waals surface area (Å²) in [5.41, 5.74) is 11.1. The number of aliphatic hydroxyl groups excluding tert-OH is 1. The van der Waals surface area contributed by atoms with Crippen molar-refractivity contribution in [3.05, 3.63) is 107 Å². The van der Waals surface area contributed by atoms with Crippen LogP contribution in [-0.4, -0.2) is 74.5 Å². The molecular formula is C65H82N4O6S2. The molecular weight excluding hydrogens is 997 g/mol. The Kier molecular flexibility index (Phi) is 15.0. The number of esters is 1. The van der Waals surface area contributed by atoms with Crippen LogP contribution in [0.3, 0.4) is 0 Å². The lowest BCUT2D eigenvalue weighted by atomic mass is 9.60. The molecule has 0 aromatic heterocycles. The van der Waals surface area contributed by atoms with Gasteiger partial charge in [-0.15, -0.1) is 5.92 Å². The van der Waals surface area contributed by atoms with Gasteiger partial charge in [0.1, 0.15) is 16.6 Å². The van der Waals surface area contributed by atoms with Gasteiger partial charge in [-0.2, -0.15) is 0 Å². The third kappa shape index (κ3) is 10.1. The number of amides is 1. The molecule has 4 saturated carbocycles. The number of ether oxygens (including phenoxy) is 2. The van der Waals surface area contributed by atoms with Gasteiger partial charge in [0.2, 0.25) is 5.91 Å². The molecule has 0 radical (unpaired) electrons. The molecule has 3 aromatic rings. The van der Waals surface area contributed by atoms with E-state index in [9.17, 15) is 15.0 Å². The average molecular weight is 1080 g/mol. The van der Waals surface area contributed by atoms with Crippen LogP contribution in [0.4, 0.5) is 0 Å². The third-order valence-corrected chi connectivity index (χ3v) is 24.3. The quantitative estimate of drug-likeness (QED) is 0.0843. The van der Waals surface area contributed by atoms with Crippen molar-refractivity contribution < 1.29 is 29.3 Å². The van der Waals surface area contributed by atoms with Gasteiger partial charge >= 0.3 is 5.97 Å². The Morgan fingerprint density at radius 3 is 2.62 bits per heavy atom. The molecule has 10 bridgehead atoms. The number of guanidine groups is 1. The number of phenolic OH excluding ortho intramolecular Hbond substituents is 1. The highest BCUT2D eigenvalue weighted by molar-refractivity contribution is 8.77. The SMILES string of the molecule is CC(=O)O[C@@H]1CCc2cc(c(O)c3c2[C@@H]2C=C[C@]4(CCC[C@H]4C2)O3)CN2C[C@]3(CC2=O)[C@@H](c2ccccc2)CC[C@@]32C#CC[C@@H]3CC[C@@]4(CCC[C@]4(NC(N)=NC2)SSC[C@@H](CCc2ccccc2)CCCC[C@H](O)C1)C3. The van der Waals surface area contributed by atoms with Gasteiger partial charge in [-0.3, -0.25) is 14.6 Å². The zero-order valence-corrected chi connectivity index (χ0v) is 47.1. The number of phenols is 1. The van der Waals surface area contributed by atoms with Crippen molar-refractivity contribution in [2.75, 3.05) is 18.8 Å². The smallest absolute Gasteiger partial charge is 0.302 e. The van der Waals surface area contributed by atoms with Crippen molar-refractivity contribution >= 4 is 39.4 Å². The average Bonchev–Trinajstić information content (AvgIpc) is 4.28. The fourth-order valence-corrected chi connectivity index (χ4v) is 20.9. The van der Waals surface area contributed by atoms with Crippen LogP contribution >= 0.6 is 21.6 Å². The number of hydrogen-bond acceptors (Lipinski definition) is 11. The first-order chi connectivity index (χ1) is 37.4. The number of fused-ring (bicyclic) bond motifs is 6. The fourth-order valence-electron chi connectivity index (χ4n) is 17.0. The largest absolute Gasteiger partial charge is 0.504 e. The molecule has 5 heterocycles. The predicted molar refractivity (Wildman–Crippen MR) is 308 cm³/mol. The van der Waals surface area contributed by atoms with Crippen molar-refractivity contribution in [3.63, 3.8) is 0 Å². The number of carbonyl (C=O) groups excluding carboxylic acids is 2. The van der Waals surface area contributed by atoms with Crippen LogP contribution in [0.1, 0.15) is 181 Å². The number of aliphatic hydroxyl groups is 1. The standard InChI is InChI=1S/C65H82N4O6S2/c1-44(70)74-54-24-23-49-35-51(58(73)59-57(49)50-26-34-64(75-59)30-11-19-52(64)36-50)40-69-43-63(39-56(69)72)55(48-17-6-3-7-18-48)27-33-62(63)28-10-16-46-25-32-61(38-46)29-12-31-65(61,68-60(66)67-42-62)77-76-41-47(15-8-9-20-53(71)37-54)22-21-45-13-4-2-5-14-45/h2-7,13-14,17-18,26,34-35,46-47,50,52-55,71,73H,8-9,11-12,15-16,19-25,27,29-33,36-43H2,1H3,(H3,66,67,68)/t46-,47-,50-,52+,53+,54-,55-,61+,62-,63-,64+,65+/m1/s1. The number of hydrogen-bond donors (Lipinski definition) is 4. The maximum Gasteiger partial charge on any atom is 0.302 e. The van der Waals surface area contributed by atoms with Crippen molar-refractivity contribution in [3.8, 4) is 23.3 Å². The summed E-state index contributed by atoms with van der Waals surface area (Å²) in [6.07, 6.45) is 24.4. The molecule has 12 heteroatoms. The molecule has 1 saturated heterocycles. The van der Waals surface area contributed by atoms with E-state index >= 15 is 4.79 Å². The lowest BCUT2D eigenvalue weighted by molar-refractivity contribution is -0.148. The summed E-state index contributed by atoms with van der Waals surface area (Å²) < 4.78 is 13.2. The maximum atomic E-state index is 15.2. The molecule has 5 spiro atoms. The van der Waals surface area contributed by atoms with E-state index in [1.807, 2.05) is 26.5 Å². The Bertz CT molecular complexity index is 2800. The van der Waals surface area contributed by atoms with Crippen LogP contribution in [-0.2, 0) is 33.7 Å². The first kappa shape index (κ1) is 53.1. The second kappa shape index (κ2) is 21.8. The summed E-state index contributed by atoms with van der Waals surface area (Å²) in [6.45, 7) is 2.58. The number of aliphatic imine (C=N–C) groups is 1. The molecule has 1 amide bonds. The van der Waals surface area contributed by atoms with Gasteiger partial charge in [0.15, 0.2) is 17.5 Å². The normalized spacial score (nSPS) is 37.0. The predicted octanol–water partition coefficient (Wildman–Crippen LogP) is 12.4. The topological polar surface area (TPSA) is 147 Å². The first-order valence-electron chi connectivity index (χ1n) is 29.8. The molecule has 5 N–H and O–H groups in total. The summed E-state index contributed by atoms with van der Waals surface area (Å²) in [6, 6.07) is 23.8. The van der Waals surface area contributed by atoms with Crippen molar-refractivity contribution in [1.82, 2.24) is 10.2 Å². The lowest BCUT2D eigenvalue weighted by Crippen LogP contribution is -2.56. The van der Waals surface area contributed by atoms with Gasteiger partial charge in [0, 0.05) is 78.8 Å². The van der Waals surface area contributed by atoms with E-state index in [0.717, 1.165) is 126 Å². The minimum absolute atomic E-state index is 0.0606. The summed E-state index contributed by atoms with van der Waals surface area (Å²) >= 11 is 0. The van der Waals surface area contributed by atoms with Crippen molar-refractivity contribution in [2.24, 2.45) is 44.7 Å². The Labute approximate surface area is 465 Å². The summed E-state index contributed by atoms with van der Waals surface area (Å²) in [7, 11) is 4.06. The van der Waals surface area contributed by atoms with Crippen LogP contribution in [0.25, 0.3) is 0 Å². The number of allylic oxidation sites excluding steroid dienone is 1. The second-order valence-electron chi connectivity index (χ2n) is 25.4. The summed E-state index contributed by atoms with van der Waals surface area (Å²) in [5.74, 6) is 11.3. The molecule has 10 nitrogen and oxygen atoms in total. The lowest BCUT2D eigenvalue weighted by Gasteiger charge is -2.45. The van der Waals surface area contributed by atoms with Crippen LogP contribution in [0.5, 0.6) is 11.5 Å². The molecule has 77 heavy (non-hydrogen) atoms. The molecule has 13 rings (SSSR count). The number of nitrogens with one attached hydrogen (secondary N) is 1. The molecule has 5 aliphatic carbocycles. The minimum atomic E-state index is -0.622. The number of nitrogens with two attached hydrogens (primary N) is 1. The van der Waals surface area contributed by atoms with Crippen LogP contribution in [0.2, 0.25) is 0 Å². The Hall–Kier alpha value is -4.57. The van der Waals surface area contributed by atoms with E-state index in [2.05, 4.69) is 96.0 Å². The molecule has 0 unspecified atom stereocenters. The van der Waals surface area contributed by atoms with Gasteiger partial charge in [-0.1, -0.05) is 107 Å². The molecule has 12 atom stereocenters. The van der Waals surface area contributed by atoms with Gasteiger partial charge in [0.25, 0.3) is 0 Å². The van der Waals surface area contributed by atoms with E-state index in [0.29, 0.717) is 80.2 Å². The zero-order chi connectivity index (χ0) is 52.8. The van der Waals surface area contributed by atoms with E-state index in [-0.39, 0.29) is 46.3 Å². The highest BCUT2D eigenvalue weighted by Gasteiger charge is 2.65. The number of rotatable bonds is 5. The van der Waals surface area contributed by atoms with Gasteiger partial charge < -0.3 is 35.6 Å². The molecule has 5 aliphatic heterocycles. The van der Waals surface area contributed by atoms with Gasteiger partial charge in [-0.25, -0.2) is 0 Å². The Balaban J connectivity index is 0.937. The van der Waals surface area contributed by atoms with E-state index in [4.69, 9.17) is 20.2 Å². The minimum Gasteiger partial charge on any atom is -0.504 e. The van der Waals surface area contributed by atoms with Crippen LogP contribution < -0.4 is 15.8 Å². The Morgan fingerprint density at radius 2 is 1.78 bits per heavy atom. The second-order valence-corrected chi connectivity index (χ2v) is 28.0. The van der Waals surface area contributed by atoms with Crippen LogP contribution in [0.15, 0.2) is 83.9 Å². The van der Waals surface area contributed by atoms with Crippen molar-refractivity contribution in [2.45, 2.75) is 196 Å². The Morgan fingerprint density at radius 1 is 0.948 bits per heavy atom. The summed E-state index contributed by atoms with van der Waals surface area (Å²) in [5, 5.41) is 28.4. The fraction of sp³-hybridized carbons (Fsp3) is 0.615. The van der Waals surface area contributed by atoms with E-state index in [1.165, 1.54) is 24.5 Å². The summed E-state index contributed by atoms with van der Waals surface area (Å²) in [4.78, 5) is 35.1. The highest BCUT2D eigenvalue weighted by Crippen LogP contribution is 2.67. The number of carbonyl (C=O) groups is 2. The highest BCUT2D eigenvalue weighted by atomic mass is 33.1. The van der Waals surface area contributed by atoms with Crippen LogP contribution in [0, 0.1) is 45.8 Å². The van der Waals surface area contributed by atoms with Gasteiger partial charge in [-0.05, 0) is 162 Å². The van der Waals surface area contributed by atoms with E-state index in [1.54, 1.807) is 0 Å². The molecule has 3 aromatic carbocycles. The monoisotopic (exact) mass is 1080 g/mol. The molecule has 10 aliphatic rings. The number of aryl methyl sites for hydroxylation is 2. The molecule has 5 fully saturated rings. The first-order valence-corrected chi connectivity index (χ1v) is 32.1. The van der Waals surface area contributed by atoms with E-state index < -0.39 is 28.6 Å².